The average molecular weight is 279 g/mol. The molecule has 1 fully saturated rings. The Hall–Kier alpha value is -1.42. The Morgan fingerprint density at radius 2 is 2.05 bits per heavy atom. The van der Waals surface area contributed by atoms with E-state index in [0.29, 0.717) is 5.56 Å². The lowest BCUT2D eigenvalue weighted by atomic mass is 10.1. The Morgan fingerprint density at radius 1 is 1.37 bits per heavy atom. The highest BCUT2D eigenvalue weighted by Gasteiger charge is 2.23. The SMILES string of the molecule is CN1CCCC(NS(=O)(=O)c2ccc(C#N)cc2)C1. The highest BCUT2D eigenvalue weighted by molar-refractivity contribution is 7.89. The maximum atomic E-state index is 12.2. The maximum absolute atomic E-state index is 12.2. The minimum atomic E-state index is -3.49. The number of benzene rings is 1. The summed E-state index contributed by atoms with van der Waals surface area (Å²) in [4.78, 5) is 2.33. The highest BCUT2D eigenvalue weighted by Crippen LogP contribution is 2.14. The first-order chi connectivity index (χ1) is 9.01. The van der Waals surface area contributed by atoms with Gasteiger partial charge in [0.25, 0.3) is 0 Å². The zero-order valence-electron chi connectivity index (χ0n) is 10.8. The number of likely N-dealkylation sites (N-methyl/N-ethyl adjacent to an activating group) is 1. The first-order valence-corrected chi connectivity index (χ1v) is 7.70. The molecule has 1 aliphatic rings. The molecule has 0 saturated carbocycles. The van der Waals surface area contributed by atoms with E-state index in [1.807, 2.05) is 13.1 Å². The van der Waals surface area contributed by atoms with Gasteiger partial charge in [-0.3, -0.25) is 0 Å². The zero-order chi connectivity index (χ0) is 13.9. The van der Waals surface area contributed by atoms with Crippen molar-refractivity contribution < 1.29 is 8.42 Å². The summed E-state index contributed by atoms with van der Waals surface area (Å²) in [5.41, 5.74) is 0.455. The number of hydrogen-bond acceptors (Lipinski definition) is 4. The molecule has 1 aromatic carbocycles. The van der Waals surface area contributed by atoms with Gasteiger partial charge in [0.2, 0.25) is 10.0 Å². The number of nitrogens with one attached hydrogen (secondary N) is 1. The second-order valence-corrected chi connectivity index (χ2v) is 6.57. The standard InChI is InChI=1S/C13H17N3O2S/c1-16-8-2-3-12(10-16)15-19(17,18)13-6-4-11(9-14)5-7-13/h4-7,12,15H,2-3,8,10H2,1H3. The first-order valence-electron chi connectivity index (χ1n) is 6.22. The molecule has 1 unspecified atom stereocenters. The molecule has 19 heavy (non-hydrogen) atoms. The summed E-state index contributed by atoms with van der Waals surface area (Å²) in [5.74, 6) is 0. The van der Waals surface area contributed by atoms with Crippen molar-refractivity contribution in [1.82, 2.24) is 9.62 Å². The van der Waals surface area contributed by atoms with E-state index >= 15 is 0 Å². The van der Waals surface area contributed by atoms with E-state index < -0.39 is 10.0 Å². The van der Waals surface area contributed by atoms with Crippen LogP contribution in [-0.2, 0) is 10.0 Å². The van der Waals surface area contributed by atoms with Gasteiger partial charge in [-0.05, 0) is 50.7 Å². The van der Waals surface area contributed by atoms with Crippen molar-refractivity contribution in [3.63, 3.8) is 0 Å². The summed E-state index contributed by atoms with van der Waals surface area (Å²) >= 11 is 0. The largest absolute Gasteiger partial charge is 0.305 e. The fraction of sp³-hybridized carbons (Fsp3) is 0.462. The summed E-state index contributed by atoms with van der Waals surface area (Å²) in [6.45, 7) is 1.74. The third-order valence-corrected chi connectivity index (χ3v) is 4.78. The van der Waals surface area contributed by atoms with Crippen molar-refractivity contribution >= 4 is 10.0 Å². The van der Waals surface area contributed by atoms with Crippen LogP contribution in [0.1, 0.15) is 18.4 Å². The highest BCUT2D eigenvalue weighted by atomic mass is 32.2. The van der Waals surface area contributed by atoms with E-state index in [9.17, 15) is 8.42 Å². The number of sulfonamides is 1. The van der Waals surface area contributed by atoms with E-state index in [1.165, 1.54) is 24.3 Å². The molecule has 0 radical (unpaired) electrons. The van der Waals surface area contributed by atoms with Crippen LogP contribution < -0.4 is 4.72 Å². The molecule has 1 N–H and O–H groups in total. The van der Waals surface area contributed by atoms with Crippen molar-refractivity contribution in [1.29, 1.82) is 5.26 Å². The van der Waals surface area contributed by atoms with Crippen molar-refractivity contribution in [2.75, 3.05) is 20.1 Å². The lowest BCUT2D eigenvalue weighted by Gasteiger charge is -2.29. The average Bonchev–Trinajstić information content (AvgIpc) is 2.38. The lowest BCUT2D eigenvalue weighted by molar-refractivity contribution is 0.242. The second kappa shape index (κ2) is 5.70. The van der Waals surface area contributed by atoms with Crippen LogP contribution in [0.3, 0.4) is 0 Å². The van der Waals surface area contributed by atoms with Crippen molar-refractivity contribution in [2.45, 2.75) is 23.8 Å². The van der Waals surface area contributed by atoms with Gasteiger partial charge in [0.15, 0.2) is 0 Å². The van der Waals surface area contributed by atoms with Gasteiger partial charge in [0.1, 0.15) is 0 Å². The Kier molecular flexibility index (Phi) is 4.20. The van der Waals surface area contributed by atoms with E-state index in [0.717, 1.165) is 25.9 Å². The fourth-order valence-electron chi connectivity index (χ4n) is 2.26. The van der Waals surface area contributed by atoms with Crippen LogP contribution in [0.15, 0.2) is 29.2 Å². The minimum absolute atomic E-state index is 0.0422. The molecule has 1 aromatic rings. The van der Waals surface area contributed by atoms with Gasteiger partial charge < -0.3 is 4.90 Å². The summed E-state index contributed by atoms with van der Waals surface area (Å²) in [5, 5.41) is 8.70. The van der Waals surface area contributed by atoms with Gasteiger partial charge in [-0.1, -0.05) is 0 Å². The lowest BCUT2D eigenvalue weighted by Crippen LogP contribution is -2.46. The minimum Gasteiger partial charge on any atom is -0.305 e. The van der Waals surface area contributed by atoms with Gasteiger partial charge in [-0.15, -0.1) is 0 Å². The summed E-state index contributed by atoms with van der Waals surface area (Å²) in [6, 6.07) is 7.89. The third kappa shape index (κ3) is 3.53. The molecular formula is C13H17N3O2S. The number of nitrogens with zero attached hydrogens (tertiary/aromatic N) is 2. The maximum Gasteiger partial charge on any atom is 0.240 e. The van der Waals surface area contributed by atoms with Gasteiger partial charge in [-0.2, -0.15) is 5.26 Å². The molecule has 0 bridgehead atoms. The molecule has 2 rings (SSSR count). The van der Waals surface area contributed by atoms with Crippen molar-refractivity contribution in [3.05, 3.63) is 29.8 Å². The molecule has 0 amide bonds. The molecule has 0 aliphatic carbocycles. The molecule has 102 valence electrons. The van der Waals surface area contributed by atoms with Crippen LogP contribution >= 0.6 is 0 Å². The molecule has 1 aliphatic heterocycles. The molecule has 6 heteroatoms. The van der Waals surface area contributed by atoms with Crippen LogP contribution in [-0.4, -0.2) is 39.5 Å². The van der Waals surface area contributed by atoms with E-state index in [2.05, 4.69) is 9.62 Å². The van der Waals surface area contributed by atoms with Crippen LogP contribution in [0.25, 0.3) is 0 Å². The van der Waals surface area contributed by atoms with Gasteiger partial charge in [0, 0.05) is 12.6 Å². The second-order valence-electron chi connectivity index (χ2n) is 4.86. The predicted molar refractivity (Wildman–Crippen MR) is 72.0 cm³/mol. The molecule has 1 atom stereocenters. The smallest absolute Gasteiger partial charge is 0.240 e. The van der Waals surface area contributed by atoms with Crippen molar-refractivity contribution in [3.8, 4) is 6.07 Å². The molecular weight excluding hydrogens is 262 g/mol. The van der Waals surface area contributed by atoms with Gasteiger partial charge in [-0.25, -0.2) is 13.1 Å². The Labute approximate surface area is 113 Å². The number of piperidine rings is 1. The van der Waals surface area contributed by atoms with Crippen LogP contribution in [0, 0.1) is 11.3 Å². The Balaban J connectivity index is 2.11. The number of nitriles is 1. The Bertz CT molecular complexity index is 575. The molecule has 1 saturated heterocycles. The molecule has 0 aromatic heterocycles. The van der Waals surface area contributed by atoms with E-state index in [1.54, 1.807) is 0 Å². The summed E-state index contributed by atoms with van der Waals surface area (Å²) < 4.78 is 27.1. The monoisotopic (exact) mass is 279 g/mol. The number of likely N-dealkylation sites (tertiary alicyclic amines) is 1. The van der Waals surface area contributed by atoms with Crippen LogP contribution in [0.2, 0.25) is 0 Å². The van der Waals surface area contributed by atoms with Crippen LogP contribution in [0.4, 0.5) is 0 Å². The van der Waals surface area contributed by atoms with E-state index in [-0.39, 0.29) is 10.9 Å². The quantitative estimate of drug-likeness (QED) is 0.893. The molecule has 1 heterocycles. The van der Waals surface area contributed by atoms with E-state index in [4.69, 9.17) is 5.26 Å². The van der Waals surface area contributed by atoms with Crippen LogP contribution in [0.5, 0.6) is 0 Å². The fourth-order valence-corrected chi connectivity index (χ4v) is 3.52. The normalized spacial score (nSPS) is 20.9. The molecule has 5 nitrogen and oxygen atoms in total. The number of rotatable bonds is 3. The van der Waals surface area contributed by atoms with Gasteiger partial charge >= 0.3 is 0 Å². The van der Waals surface area contributed by atoms with Crippen molar-refractivity contribution in [2.24, 2.45) is 0 Å². The zero-order valence-corrected chi connectivity index (χ0v) is 11.7. The Morgan fingerprint density at radius 3 is 2.63 bits per heavy atom. The first kappa shape index (κ1) is 14.0. The number of hydrogen-bond donors (Lipinski definition) is 1. The summed E-state index contributed by atoms with van der Waals surface area (Å²) in [6.07, 6.45) is 1.86. The summed E-state index contributed by atoms with van der Waals surface area (Å²) in [7, 11) is -1.51. The third-order valence-electron chi connectivity index (χ3n) is 3.24. The van der Waals surface area contributed by atoms with Gasteiger partial charge in [0.05, 0.1) is 16.5 Å². The molecule has 0 spiro atoms. The topological polar surface area (TPSA) is 73.2 Å². The predicted octanol–water partition coefficient (Wildman–Crippen LogP) is 0.931.